The molecule has 0 aromatic carbocycles. The average Bonchev–Trinajstić information content (AvgIpc) is 1.63. The van der Waals surface area contributed by atoms with Gasteiger partial charge < -0.3 is 0 Å². The van der Waals surface area contributed by atoms with Gasteiger partial charge in [0.1, 0.15) is 0 Å². The molecule has 3 nitrogen and oxygen atoms in total. The van der Waals surface area contributed by atoms with Gasteiger partial charge in [-0.1, -0.05) is 0 Å². The Morgan fingerprint density at radius 3 is 2.33 bits per heavy atom. The number of rotatable bonds is 3. The van der Waals surface area contributed by atoms with Gasteiger partial charge in [-0.15, -0.1) is 0 Å². The molecule has 0 fully saturated rings. The SMILES string of the molecule is CC(C)(C)ONCC[NH]. The van der Waals surface area contributed by atoms with Crippen molar-refractivity contribution >= 4 is 0 Å². The highest BCUT2D eigenvalue weighted by atomic mass is 16.7. The molecule has 0 aromatic rings. The van der Waals surface area contributed by atoms with E-state index in [4.69, 9.17) is 10.6 Å². The molecule has 0 saturated carbocycles. The Balaban J connectivity index is 3.07. The Bertz CT molecular complexity index is 67.9. The molecule has 0 saturated heterocycles. The summed E-state index contributed by atoms with van der Waals surface area (Å²) in [7, 11) is 0. The lowest BCUT2D eigenvalue weighted by Gasteiger charge is -2.18. The summed E-state index contributed by atoms with van der Waals surface area (Å²) in [6, 6.07) is 0. The van der Waals surface area contributed by atoms with Gasteiger partial charge in [-0.05, 0) is 20.8 Å². The predicted octanol–water partition coefficient (Wildman–Crippen LogP) is 0.589. The second kappa shape index (κ2) is 3.82. The van der Waals surface area contributed by atoms with Crippen LogP contribution in [0.4, 0.5) is 0 Å². The van der Waals surface area contributed by atoms with Crippen LogP contribution >= 0.6 is 0 Å². The van der Waals surface area contributed by atoms with Crippen molar-refractivity contribution in [2.24, 2.45) is 0 Å². The molecule has 0 amide bonds. The first-order valence-corrected chi connectivity index (χ1v) is 3.12. The van der Waals surface area contributed by atoms with Gasteiger partial charge in [-0.2, -0.15) is 0 Å². The van der Waals surface area contributed by atoms with E-state index in [1.165, 1.54) is 0 Å². The Labute approximate surface area is 56.5 Å². The van der Waals surface area contributed by atoms with Crippen molar-refractivity contribution in [1.82, 2.24) is 11.2 Å². The third kappa shape index (κ3) is 7.88. The largest absolute Gasteiger partial charge is 0.296 e. The second-order valence-electron chi connectivity index (χ2n) is 2.86. The van der Waals surface area contributed by atoms with E-state index in [0.29, 0.717) is 13.1 Å². The lowest BCUT2D eigenvalue weighted by atomic mass is 10.2. The standard InChI is InChI=1S/C6H15N2O/c1-6(2,3)9-8-5-4-7/h7-8H,4-5H2,1-3H3. The first kappa shape index (κ1) is 8.88. The van der Waals surface area contributed by atoms with E-state index in [1.807, 2.05) is 20.8 Å². The quantitative estimate of drug-likeness (QED) is 0.450. The molecule has 0 bridgehead atoms. The molecule has 0 rings (SSSR count). The minimum atomic E-state index is -0.144. The maximum atomic E-state index is 6.77. The van der Waals surface area contributed by atoms with Crippen LogP contribution in [-0.4, -0.2) is 18.7 Å². The highest BCUT2D eigenvalue weighted by molar-refractivity contribution is 4.56. The molecule has 3 heteroatoms. The molecule has 1 radical (unpaired) electrons. The van der Waals surface area contributed by atoms with Crippen LogP contribution < -0.4 is 11.2 Å². The van der Waals surface area contributed by atoms with Gasteiger partial charge in [-0.3, -0.25) is 10.6 Å². The van der Waals surface area contributed by atoms with Gasteiger partial charge >= 0.3 is 0 Å². The number of nitrogens with one attached hydrogen (secondary N) is 2. The molecule has 0 atom stereocenters. The van der Waals surface area contributed by atoms with E-state index >= 15 is 0 Å². The van der Waals surface area contributed by atoms with E-state index in [9.17, 15) is 0 Å². The highest BCUT2D eigenvalue weighted by Gasteiger charge is 2.08. The van der Waals surface area contributed by atoms with Crippen LogP contribution in [0.3, 0.4) is 0 Å². The van der Waals surface area contributed by atoms with Crippen molar-refractivity contribution in [2.75, 3.05) is 13.1 Å². The van der Waals surface area contributed by atoms with Gasteiger partial charge in [0.05, 0.1) is 5.60 Å². The summed E-state index contributed by atoms with van der Waals surface area (Å²) in [6.45, 7) is 6.84. The normalized spacial score (nSPS) is 12.0. The molecule has 0 spiro atoms. The van der Waals surface area contributed by atoms with Crippen LogP contribution in [0, 0.1) is 0 Å². The topological polar surface area (TPSA) is 45.1 Å². The van der Waals surface area contributed by atoms with E-state index in [-0.39, 0.29) is 5.60 Å². The van der Waals surface area contributed by atoms with Gasteiger partial charge in [0, 0.05) is 13.1 Å². The number of hydrogen-bond acceptors (Lipinski definition) is 2. The third-order valence-corrected chi connectivity index (χ3v) is 0.605. The van der Waals surface area contributed by atoms with E-state index in [0.717, 1.165) is 0 Å². The molecule has 55 valence electrons. The minimum absolute atomic E-state index is 0.144. The molecule has 0 aliphatic rings. The fourth-order valence-corrected chi connectivity index (χ4v) is 0.319. The van der Waals surface area contributed by atoms with Gasteiger partial charge in [0.25, 0.3) is 0 Å². The molecule has 0 aliphatic carbocycles. The maximum Gasteiger partial charge on any atom is 0.0812 e. The Morgan fingerprint density at radius 2 is 2.00 bits per heavy atom. The lowest BCUT2D eigenvalue weighted by Crippen LogP contribution is -2.31. The molecule has 0 aliphatic heterocycles. The van der Waals surface area contributed by atoms with E-state index in [2.05, 4.69) is 5.48 Å². The predicted molar refractivity (Wildman–Crippen MR) is 36.8 cm³/mol. The van der Waals surface area contributed by atoms with Gasteiger partial charge in [0.15, 0.2) is 0 Å². The van der Waals surface area contributed by atoms with Crippen molar-refractivity contribution in [3.05, 3.63) is 0 Å². The molecule has 0 aromatic heterocycles. The zero-order chi connectivity index (χ0) is 7.33. The molecule has 9 heavy (non-hydrogen) atoms. The summed E-state index contributed by atoms with van der Waals surface area (Å²) < 4.78 is 0. The minimum Gasteiger partial charge on any atom is -0.296 e. The molecule has 0 unspecified atom stereocenters. The van der Waals surface area contributed by atoms with Crippen molar-refractivity contribution in [3.8, 4) is 0 Å². The smallest absolute Gasteiger partial charge is 0.0812 e. The zero-order valence-electron chi connectivity index (χ0n) is 6.32. The number of hydroxylamine groups is 1. The van der Waals surface area contributed by atoms with Crippen LogP contribution in [0.2, 0.25) is 0 Å². The monoisotopic (exact) mass is 131 g/mol. The van der Waals surface area contributed by atoms with Crippen LogP contribution in [0.25, 0.3) is 0 Å². The first-order chi connectivity index (χ1) is 4.06. The van der Waals surface area contributed by atoms with Crippen LogP contribution in [0.15, 0.2) is 0 Å². The van der Waals surface area contributed by atoms with Gasteiger partial charge in [0.2, 0.25) is 0 Å². The second-order valence-corrected chi connectivity index (χ2v) is 2.86. The summed E-state index contributed by atoms with van der Waals surface area (Å²) >= 11 is 0. The van der Waals surface area contributed by atoms with Crippen molar-refractivity contribution < 1.29 is 4.84 Å². The fourth-order valence-electron chi connectivity index (χ4n) is 0.319. The molecule has 0 heterocycles. The zero-order valence-corrected chi connectivity index (χ0v) is 6.32. The van der Waals surface area contributed by atoms with Crippen LogP contribution in [0.5, 0.6) is 0 Å². The third-order valence-electron chi connectivity index (χ3n) is 0.605. The Morgan fingerprint density at radius 1 is 1.44 bits per heavy atom. The Kier molecular flexibility index (Phi) is 3.77. The summed E-state index contributed by atoms with van der Waals surface area (Å²) in [5.74, 6) is 0. The average molecular weight is 131 g/mol. The summed E-state index contributed by atoms with van der Waals surface area (Å²) in [5, 5.41) is 0. The van der Waals surface area contributed by atoms with Crippen molar-refractivity contribution in [2.45, 2.75) is 26.4 Å². The summed E-state index contributed by atoms with van der Waals surface area (Å²) in [4.78, 5) is 5.10. The highest BCUT2D eigenvalue weighted by Crippen LogP contribution is 2.02. The summed E-state index contributed by atoms with van der Waals surface area (Å²) in [5.41, 5.74) is 9.31. The molecule has 2 N–H and O–H groups in total. The summed E-state index contributed by atoms with van der Waals surface area (Å²) in [6.07, 6.45) is 0. The fraction of sp³-hybridized carbons (Fsp3) is 1.00. The van der Waals surface area contributed by atoms with Crippen LogP contribution in [0.1, 0.15) is 20.8 Å². The van der Waals surface area contributed by atoms with Crippen molar-refractivity contribution in [3.63, 3.8) is 0 Å². The van der Waals surface area contributed by atoms with Crippen molar-refractivity contribution in [1.29, 1.82) is 0 Å². The first-order valence-electron chi connectivity index (χ1n) is 3.12. The van der Waals surface area contributed by atoms with Gasteiger partial charge in [-0.25, -0.2) is 5.48 Å². The molecular weight excluding hydrogens is 116 g/mol. The number of hydrogen-bond donors (Lipinski definition) is 1. The van der Waals surface area contributed by atoms with E-state index in [1.54, 1.807) is 0 Å². The lowest BCUT2D eigenvalue weighted by molar-refractivity contribution is -0.0710. The van der Waals surface area contributed by atoms with E-state index < -0.39 is 0 Å². The maximum absolute atomic E-state index is 6.77. The van der Waals surface area contributed by atoms with Crippen LogP contribution in [-0.2, 0) is 4.84 Å². The molecular formula is C6H15N2O. The Hall–Kier alpha value is -0.120.